The molecule has 3 N–H and O–H groups in total. The molecule has 1 rings (SSSR count). The molecular formula is C10H16N2O4S. The van der Waals surface area contributed by atoms with Crippen LogP contribution in [0.4, 0.5) is 0 Å². The zero-order valence-electron chi connectivity index (χ0n) is 9.82. The number of nitrogens with two attached hydrogens (primary N) is 1. The highest BCUT2D eigenvalue weighted by molar-refractivity contribution is 7.89. The summed E-state index contributed by atoms with van der Waals surface area (Å²) in [6, 6.07) is 1.14. The van der Waals surface area contributed by atoms with Crippen LogP contribution in [0.3, 0.4) is 0 Å². The Bertz CT molecular complexity index is 504. The predicted molar refractivity (Wildman–Crippen MR) is 62.1 cm³/mol. The van der Waals surface area contributed by atoms with Gasteiger partial charge in [-0.2, -0.15) is 0 Å². The number of rotatable bonds is 5. The number of primary sulfonamides is 1. The van der Waals surface area contributed by atoms with Crippen molar-refractivity contribution in [3.05, 3.63) is 17.6 Å². The zero-order valence-corrected chi connectivity index (χ0v) is 10.6. The summed E-state index contributed by atoms with van der Waals surface area (Å²) in [4.78, 5) is 11.4. The van der Waals surface area contributed by atoms with Crippen molar-refractivity contribution >= 4 is 15.9 Å². The van der Waals surface area contributed by atoms with Crippen LogP contribution in [-0.2, 0) is 10.0 Å². The number of nitrogens with one attached hydrogen (secondary N) is 1. The Morgan fingerprint density at radius 3 is 2.65 bits per heavy atom. The minimum Gasteiger partial charge on any atom is -0.455 e. The average Bonchev–Trinajstić information content (AvgIpc) is 2.60. The van der Waals surface area contributed by atoms with E-state index in [1.54, 1.807) is 0 Å². The molecule has 6 nitrogen and oxygen atoms in total. The number of hydrogen-bond acceptors (Lipinski definition) is 4. The van der Waals surface area contributed by atoms with Gasteiger partial charge in [-0.3, -0.25) is 4.79 Å². The van der Waals surface area contributed by atoms with E-state index in [-0.39, 0.29) is 16.4 Å². The van der Waals surface area contributed by atoms with E-state index in [4.69, 9.17) is 9.56 Å². The molecule has 1 heterocycles. The summed E-state index contributed by atoms with van der Waals surface area (Å²) in [7, 11) is -3.85. The molecule has 0 aromatic carbocycles. The SMILES string of the molecule is CCCCNC(=O)c1cc(S(N)(=O)=O)c(C)o1. The number of sulfonamides is 1. The zero-order chi connectivity index (χ0) is 13.1. The number of amides is 1. The summed E-state index contributed by atoms with van der Waals surface area (Å²) in [5, 5.41) is 7.60. The number of furan rings is 1. The molecular weight excluding hydrogens is 244 g/mol. The standard InChI is InChI=1S/C10H16N2O4S/c1-3-4-5-12-10(13)8-6-9(7(2)16-8)17(11,14)15/h6H,3-5H2,1-2H3,(H,12,13)(H2,11,14,15). The van der Waals surface area contributed by atoms with Gasteiger partial charge in [0.05, 0.1) is 0 Å². The summed E-state index contributed by atoms with van der Waals surface area (Å²) in [6.45, 7) is 3.98. The second-order valence-electron chi connectivity index (χ2n) is 3.69. The smallest absolute Gasteiger partial charge is 0.287 e. The Labute approximate surface area is 100 Å². The van der Waals surface area contributed by atoms with E-state index in [9.17, 15) is 13.2 Å². The number of aryl methyl sites for hydroxylation is 1. The van der Waals surface area contributed by atoms with Gasteiger partial charge in [0.2, 0.25) is 10.0 Å². The molecule has 96 valence electrons. The highest BCUT2D eigenvalue weighted by Crippen LogP contribution is 2.18. The van der Waals surface area contributed by atoms with Gasteiger partial charge >= 0.3 is 0 Å². The quantitative estimate of drug-likeness (QED) is 0.763. The van der Waals surface area contributed by atoms with Gasteiger partial charge in [-0.15, -0.1) is 0 Å². The number of carbonyl (C=O) groups excluding carboxylic acids is 1. The van der Waals surface area contributed by atoms with Gasteiger partial charge in [0, 0.05) is 12.6 Å². The first-order chi connectivity index (χ1) is 7.86. The lowest BCUT2D eigenvalue weighted by molar-refractivity contribution is 0.0924. The lowest BCUT2D eigenvalue weighted by atomic mass is 10.3. The van der Waals surface area contributed by atoms with Crippen LogP contribution in [0.5, 0.6) is 0 Å². The molecule has 0 fully saturated rings. The van der Waals surface area contributed by atoms with E-state index < -0.39 is 15.9 Å². The summed E-state index contributed by atoms with van der Waals surface area (Å²) in [6.07, 6.45) is 1.81. The molecule has 17 heavy (non-hydrogen) atoms. The van der Waals surface area contributed by atoms with Gasteiger partial charge in [0.1, 0.15) is 10.7 Å². The third-order valence-corrected chi connectivity index (χ3v) is 3.24. The maximum atomic E-state index is 11.6. The Balaban J connectivity index is 2.83. The van der Waals surface area contributed by atoms with Crippen molar-refractivity contribution in [1.82, 2.24) is 5.32 Å². The molecule has 1 amide bonds. The molecule has 1 aromatic rings. The van der Waals surface area contributed by atoms with Gasteiger partial charge in [0.15, 0.2) is 5.76 Å². The normalized spacial score (nSPS) is 11.5. The maximum absolute atomic E-state index is 11.6. The first-order valence-corrected chi connectivity index (χ1v) is 6.82. The van der Waals surface area contributed by atoms with E-state index in [0.29, 0.717) is 6.54 Å². The largest absolute Gasteiger partial charge is 0.455 e. The first kappa shape index (κ1) is 13.7. The monoisotopic (exact) mass is 260 g/mol. The van der Waals surface area contributed by atoms with Gasteiger partial charge in [-0.05, 0) is 13.3 Å². The van der Waals surface area contributed by atoms with Crippen LogP contribution in [0.15, 0.2) is 15.4 Å². The lowest BCUT2D eigenvalue weighted by Gasteiger charge is -2.00. The molecule has 0 saturated carbocycles. The van der Waals surface area contributed by atoms with E-state index in [1.165, 1.54) is 6.92 Å². The molecule has 0 saturated heterocycles. The first-order valence-electron chi connectivity index (χ1n) is 5.27. The molecule has 0 radical (unpaired) electrons. The van der Waals surface area contributed by atoms with Gasteiger partial charge < -0.3 is 9.73 Å². The van der Waals surface area contributed by atoms with Crippen molar-refractivity contribution < 1.29 is 17.6 Å². The van der Waals surface area contributed by atoms with Crippen molar-refractivity contribution in [2.45, 2.75) is 31.6 Å². The van der Waals surface area contributed by atoms with Crippen LogP contribution >= 0.6 is 0 Å². The van der Waals surface area contributed by atoms with Crippen LogP contribution in [0.2, 0.25) is 0 Å². The summed E-state index contributed by atoms with van der Waals surface area (Å²) in [5.41, 5.74) is 0. The molecule has 0 aliphatic carbocycles. The van der Waals surface area contributed by atoms with Crippen LogP contribution < -0.4 is 10.5 Å². The topological polar surface area (TPSA) is 102 Å². The average molecular weight is 260 g/mol. The maximum Gasteiger partial charge on any atom is 0.287 e. The highest BCUT2D eigenvalue weighted by atomic mass is 32.2. The highest BCUT2D eigenvalue weighted by Gasteiger charge is 2.20. The van der Waals surface area contributed by atoms with Crippen molar-refractivity contribution in [3.8, 4) is 0 Å². The Kier molecular flexibility index (Phi) is 4.30. The minimum absolute atomic E-state index is 0.0392. The Morgan fingerprint density at radius 1 is 1.53 bits per heavy atom. The molecule has 0 atom stereocenters. The van der Waals surface area contributed by atoms with E-state index in [0.717, 1.165) is 18.9 Å². The Morgan fingerprint density at radius 2 is 2.18 bits per heavy atom. The minimum atomic E-state index is -3.85. The molecule has 0 bridgehead atoms. The van der Waals surface area contributed by atoms with Gasteiger partial charge in [0.25, 0.3) is 5.91 Å². The molecule has 1 aromatic heterocycles. The fourth-order valence-electron chi connectivity index (χ4n) is 1.33. The second kappa shape index (κ2) is 5.33. The lowest BCUT2D eigenvalue weighted by Crippen LogP contribution is -2.23. The number of carbonyl (C=O) groups is 1. The van der Waals surface area contributed by atoms with Crippen LogP contribution in [0.1, 0.15) is 36.1 Å². The number of unbranched alkanes of at least 4 members (excludes halogenated alkanes) is 1. The van der Waals surface area contributed by atoms with Crippen LogP contribution in [0, 0.1) is 6.92 Å². The van der Waals surface area contributed by atoms with Crippen LogP contribution in [-0.4, -0.2) is 20.9 Å². The van der Waals surface area contributed by atoms with Gasteiger partial charge in [-0.25, -0.2) is 13.6 Å². The fourth-order valence-corrected chi connectivity index (χ4v) is 2.04. The van der Waals surface area contributed by atoms with E-state index in [1.807, 2.05) is 6.92 Å². The molecule has 0 aliphatic rings. The van der Waals surface area contributed by atoms with Crippen molar-refractivity contribution in [1.29, 1.82) is 0 Å². The third-order valence-electron chi connectivity index (χ3n) is 2.22. The van der Waals surface area contributed by atoms with Crippen molar-refractivity contribution in [3.63, 3.8) is 0 Å². The molecule has 0 aliphatic heterocycles. The van der Waals surface area contributed by atoms with E-state index in [2.05, 4.69) is 5.32 Å². The molecule has 0 spiro atoms. The molecule has 7 heteroatoms. The van der Waals surface area contributed by atoms with E-state index >= 15 is 0 Å². The summed E-state index contributed by atoms with van der Waals surface area (Å²) in [5.74, 6) is -0.354. The second-order valence-corrected chi connectivity index (χ2v) is 5.22. The van der Waals surface area contributed by atoms with Crippen molar-refractivity contribution in [2.24, 2.45) is 5.14 Å². The van der Waals surface area contributed by atoms with Crippen molar-refractivity contribution in [2.75, 3.05) is 6.54 Å². The van der Waals surface area contributed by atoms with Crippen LogP contribution in [0.25, 0.3) is 0 Å². The fraction of sp³-hybridized carbons (Fsp3) is 0.500. The van der Waals surface area contributed by atoms with Gasteiger partial charge in [-0.1, -0.05) is 13.3 Å². The summed E-state index contributed by atoms with van der Waals surface area (Å²) < 4.78 is 27.3. The number of hydrogen-bond donors (Lipinski definition) is 2. The third kappa shape index (κ3) is 3.57. The Hall–Kier alpha value is -1.34. The summed E-state index contributed by atoms with van der Waals surface area (Å²) >= 11 is 0. The molecule has 0 unspecified atom stereocenters. The predicted octanol–water partition coefficient (Wildman–Crippen LogP) is 0.765.